The topological polar surface area (TPSA) is 80.5 Å². The Morgan fingerprint density at radius 2 is 2.10 bits per heavy atom. The van der Waals surface area contributed by atoms with Crippen LogP contribution in [-0.4, -0.2) is 49.1 Å². The molecule has 8 heteroatoms. The quantitative estimate of drug-likeness (QED) is 0.871. The van der Waals surface area contributed by atoms with E-state index in [9.17, 15) is 0 Å². The summed E-state index contributed by atoms with van der Waals surface area (Å²) in [5, 5.41) is 7.14. The summed E-state index contributed by atoms with van der Waals surface area (Å²) >= 11 is 1.94. The Hall–Kier alpha value is -1.83. The summed E-state index contributed by atoms with van der Waals surface area (Å²) in [6.07, 6.45) is 10.9. The third-order valence-corrected chi connectivity index (χ3v) is 4.73. The fourth-order valence-electron chi connectivity index (χ4n) is 2.50. The first-order valence-corrected chi connectivity index (χ1v) is 8.28. The molecule has 0 aromatic carbocycles. The fourth-order valence-corrected chi connectivity index (χ4v) is 3.30. The van der Waals surface area contributed by atoms with Crippen LogP contribution in [0.5, 0.6) is 0 Å². The van der Waals surface area contributed by atoms with E-state index in [4.69, 9.17) is 0 Å². The lowest BCUT2D eigenvalue weighted by atomic mass is 10.2. The van der Waals surface area contributed by atoms with Gasteiger partial charge in [-0.3, -0.25) is 4.57 Å². The summed E-state index contributed by atoms with van der Waals surface area (Å²) in [4.78, 5) is 17.2. The summed E-state index contributed by atoms with van der Waals surface area (Å²) in [6.45, 7) is 0. The largest absolute Gasteiger partial charge is 0.357 e. The van der Waals surface area contributed by atoms with Gasteiger partial charge in [0.15, 0.2) is 0 Å². The highest BCUT2D eigenvalue weighted by Gasteiger charge is 2.24. The van der Waals surface area contributed by atoms with E-state index in [-0.39, 0.29) is 0 Å². The molecule has 2 atom stereocenters. The van der Waals surface area contributed by atoms with Crippen LogP contribution in [0.4, 0.5) is 11.9 Å². The third kappa shape index (κ3) is 3.26. The smallest absolute Gasteiger partial charge is 0.241 e. The zero-order valence-corrected chi connectivity index (χ0v) is 13.0. The minimum Gasteiger partial charge on any atom is -0.357 e. The molecule has 0 bridgehead atoms. The van der Waals surface area contributed by atoms with Gasteiger partial charge in [-0.05, 0) is 25.5 Å². The second-order valence-electron chi connectivity index (χ2n) is 5.01. The predicted molar refractivity (Wildman–Crippen MR) is 85.1 cm³/mol. The van der Waals surface area contributed by atoms with Gasteiger partial charge in [-0.15, -0.1) is 0 Å². The molecule has 0 radical (unpaired) electrons. The van der Waals surface area contributed by atoms with E-state index in [1.807, 2.05) is 18.0 Å². The van der Waals surface area contributed by atoms with Crippen LogP contribution in [0.2, 0.25) is 0 Å². The van der Waals surface area contributed by atoms with Crippen molar-refractivity contribution in [3.05, 3.63) is 18.7 Å². The van der Waals surface area contributed by atoms with Gasteiger partial charge in [-0.25, -0.2) is 4.98 Å². The van der Waals surface area contributed by atoms with Crippen LogP contribution in [0.3, 0.4) is 0 Å². The summed E-state index contributed by atoms with van der Waals surface area (Å²) in [5.41, 5.74) is 0. The van der Waals surface area contributed by atoms with Gasteiger partial charge in [0.2, 0.25) is 17.8 Å². The van der Waals surface area contributed by atoms with Gasteiger partial charge in [0.05, 0.1) is 0 Å². The van der Waals surface area contributed by atoms with E-state index in [1.165, 1.54) is 6.42 Å². The molecule has 1 saturated carbocycles. The zero-order chi connectivity index (χ0) is 14.7. The Balaban J connectivity index is 1.80. The Morgan fingerprint density at radius 1 is 1.24 bits per heavy atom. The molecule has 0 spiro atoms. The molecule has 2 N–H and O–H groups in total. The second-order valence-corrected chi connectivity index (χ2v) is 6.15. The number of thioether (sulfide) groups is 1. The Kier molecular flexibility index (Phi) is 4.23. The third-order valence-electron chi connectivity index (χ3n) is 3.63. The van der Waals surface area contributed by atoms with E-state index >= 15 is 0 Å². The Labute approximate surface area is 128 Å². The lowest BCUT2D eigenvalue weighted by molar-refractivity contribution is 0.740. The average molecular weight is 305 g/mol. The van der Waals surface area contributed by atoms with Crippen molar-refractivity contribution in [2.75, 3.05) is 23.9 Å². The van der Waals surface area contributed by atoms with Crippen LogP contribution in [-0.2, 0) is 0 Å². The number of nitrogens with one attached hydrogen (secondary N) is 2. The van der Waals surface area contributed by atoms with Crippen LogP contribution in [0, 0.1) is 0 Å². The molecular formula is C13H19N7S. The standard InChI is InChI=1S/C13H19N7S/c1-14-11-17-12(16-9-3-4-10(7-9)21-2)19-13(18-11)20-6-5-15-8-20/h5-6,8-10H,3-4,7H2,1-2H3,(H2,14,16,17,18,19). The molecule has 2 heterocycles. The highest BCUT2D eigenvalue weighted by Crippen LogP contribution is 2.29. The van der Waals surface area contributed by atoms with E-state index in [0.29, 0.717) is 23.9 Å². The zero-order valence-electron chi connectivity index (χ0n) is 12.2. The Bertz CT molecular complexity index is 586. The second kappa shape index (κ2) is 6.30. The summed E-state index contributed by atoms with van der Waals surface area (Å²) < 4.78 is 1.77. The molecule has 0 aliphatic heterocycles. The number of aromatic nitrogens is 5. The maximum absolute atomic E-state index is 4.48. The van der Waals surface area contributed by atoms with Crippen molar-refractivity contribution in [3.8, 4) is 5.95 Å². The van der Waals surface area contributed by atoms with Gasteiger partial charge >= 0.3 is 0 Å². The number of anilines is 2. The summed E-state index contributed by atoms with van der Waals surface area (Å²) in [5.74, 6) is 1.73. The van der Waals surface area contributed by atoms with Gasteiger partial charge in [0, 0.05) is 30.7 Å². The lowest BCUT2D eigenvalue weighted by Gasteiger charge is -2.14. The van der Waals surface area contributed by atoms with E-state index < -0.39 is 0 Å². The lowest BCUT2D eigenvalue weighted by Crippen LogP contribution is -2.19. The highest BCUT2D eigenvalue weighted by atomic mass is 32.2. The number of hydrogen-bond acceptors (Lipinski definition) is 7. The first kappa shape index (κ1) is 14.1. The number of imidazole rings is 1. The van der Waals surface area contributed by atoms with E-state index in [2.05, 4.69) is 36.8 Å². The molecule has 3 rings (SSSR count). The van der Waals surface area contributed by atoms with Crippen LogP contribution in [0.25, 0.3) is 5.95 Å². The van der Waals surface area contributed by atoms with Crippen molar-refractivity contribution in [1.29, 1.82) is 0 Å². The maximum atomic E-state index is 4.48. The molecule has 2 unspecified atom stereocenters. The predicted octanol–water partition coefficient (Wildman–Crippen LogP) is 1.79. The molecule has 1 fully saturated rings. The monoisotopic (exact) mass is 305 g/mol. The van der Waals surface area contributed by atoms with E-state index in [0.717, 1.165) is 18.1 Å². The van der Waals surface area contributed by atoms with E-state index in [1.54, 1.807) is 24.1 Å². The molecule has 1 aliphatic carbocycles. The van der Waals surface area contributed by atoms with Gasteiger partial charge < -0.3 is 10.6 Å². The first-order valence-electron chi connectivity index (χ1n) is 7.00. The molecule has 2 aromatic rings. The molecule has 1 aliphatic rings. The fraction of sp³-hybridized carbons (Fsp3) is 0.538. The van der Waals surface area contributed by atoms with Crippen molar-refractivity contribution in [2.45, 2.75) is 30.6 Å². The van der Waals surface area contributed by atoms with Crippen molar-refractivity contribution < 1.29 is 0 Å². The van der Waals surface area contributed by atoms with Crippen LogP contribution in [0.15, 0.2) is 18.7 Å². The van der Waals surface area contributed by atoms with Crippen molar-refractivity contribution in [3.63, 3.8) is 0 Å². The minimum atomic E-state index is 0.435. The van der Waals surface area contributed by atoms with Gasteiger partial charge in [0.1, 0.15) is 6.33 Å². The van der Waals surface area contributed by atoms with Crippen molar-refractivity contribution >= 4 is 23.7 Å². The maximum Gasteiger partial charge on any atom is 0.241 e. The average Bonchev–Trinajstić information content (AvgIpc) is 3.18. The van der Waals surface area contributed by atoms with Gasteiger partial charge in [-0.1, -0.05) is 0 Å². The molecule has 21 heavy (non-hydrogen) atoms. The van der Waals surface area contributed by atoms with Crippen molar-refractivity contribution in [1.82, 2.24) is 24.5 Å². The number of rotatable bonds is 5. The Morgan fingerprint density at radius 3 is 2.76 bits per heavy atom. The SMILES string of the molecule is CNc1nc(NC2CCC(SC)C2)nc(-n2ccnc2)n1. The molecular weight excluding hydrogens is 286 g/mol. The van der Waals surface area contributed by atoms with Gasteiger partial charge in [0.25, 0.3) is 0 Å². The number of hydrogen-bond donors (Lipinski definition) is 2. The van der Waals surface area contributed by atoms with Crippen molar-refractivity contribution in [2.24, 2.45) is 0 Å². The summed E-state index contributed by atoms with van der Waals surface area (Å²) in [6, 6.07) is 0.435. The highest BCUT2D eigenvalue weighted by molar-refractivity contribution is 7.99. The molecule has 112 valence electrons. The minimum absolute atomic E-state index is 0.435. The van der Waals surface area contributed by atoms with Crippen LogP contribution < -0.4 is 10.6 Å². The summed E-state index contributed by atoms with van der Waals surface area (Å²) in [7, 11) is 1.80. The molecule has 0 amide bonds. The van der Waals surface area contributed by atoms with Gasteiger partial charge in [-0.2, -0.15) is 26.7 Å². The number of nitrogens with zero attached hydrogens (tertiary/aromatic N) is 5. The molecule has 2 aromatic heterocycles. The first-order chi connectivity index (χ1) is 10.3. The normalized spacial score (nSPS) is 21.4. The molecule has 7 nitrogen and oxygen atoms in total. The van der Waals surface area contributed by atoms with Crippen LogP contribution >= 0.6 is 11.8 Å². The van der Waals surface area contributed by atoms with Crippen LogP contribution in [0.1, 0.15) is 19.3 Å². The molecule has 0 saturated heterocycles.